The standard InChI is InChI=1S/C8H6Cl3FO2S/c9-5-2-1-3-6(10)8(5)7(12)4-15(11,13)14/h1-3,7H,4H2. The second-order valence-electron chi connectivity index (χ2n) is 2.81. The predicted molar refractivity (Wildman–Crippen MR) is 60.0 cm³/mol. The summed E-state index contributed by atoms with van der Waals surface area (Å²) >= 11 is 11.4. The zero-order valence-corrected chi connectivity index (χ0v) is 10.3. The van der Waals surface area contributed by atoms with Crippen LogP contribution in [0.1, 0.15) is 11.7 Å². The number of hydrogen-bond donors (Lipinski definition) is 0. The van der Waals surface area contributed by atoms with Gasteiger partial charge in [0.05, 0.1) is 0 Å². The number of alkyl halides is 1. The fourth-order valence-electron chi connectivity index (χ4n) is 1.07. The Hall–Kier alpha value is -0.0300. The molecule has 1 unspecified atom stereocenters. The molecule has 0 aromatic heterocycles. The van der Waals surface area contributed by atoms with Crippen LogP contribution in [0.5, 0.6) is 0 Å². The van der Waals surface area contributed by atoms with Crippen molar-refractivity contribution in [3.8, 4) is 0 Å². The van der Waals surface area contributed by atoms with E-state index >= 15 is 0 Å². The van der Waals surface area contributed by atoms with Gasteiger partial charge in [-0.05, 0) is 12.1 Å². The molecule has 2 nitrogen and oxygen atoms in total. The molecule has 0 amide bonds. The first-order chi connectivity index (χ1) is 6.81. The number of hydrogen-bond acceptors (Lipinski definition) is 2. The minimum absolute atomic E-state index is 0.0509. The summed E-state index contributed by atoms with van der Waals surface area (Å²) in [6, 6.07) is 4.39. The van der Waals surface area contributed by atoms with Gasteiger partial charge in [0.1, 0.15) is 11.9 Å². The topological polar surface area (TPSA) is 34.1 Å². The summed E-state index contributed by atoms with van der Waals surface area (Å²) < 4.78 is 34.9. The van der Waals surface area contributed by atoms with Gasteiger partial charge in [-0.15, -0.1) is 0 Å². The highest BCUT2D eigenvalue weighted by Crippen LogP contribution is 2.33. The van der Waals surface area contributed by atoms with Crippen LogP contribution in [0.4, 0.5) is 4.39 Å². The second-order valence-corrected chi connectivity index (χ2v) is 6.44. The molecule has 0 saturated carbocycles. The Balaban J connectivity index is 3.06. The van der Waals surface area contributed by atoms with Crippen LogP contribution in [-0.4, -0.2) is 14.2 Å². The second kappa shape index (κ2) is 4.87. The van der Waals surface area contributed by atoms with Crippen LogP contribution in [0, 0.1) is 0 Å². The van der Waals surface area contributed by atoms with Gasteiger partial charge in [-0.3, -0.25) is 0 Å². The van der Waals surface area contributed by atoms with Crippen LogP contribution in [-0.2, 0) is 9.05 Å². The zero-order chi connectivity index (χ0) is 11.6. The van der Waals surface area contributed by atoms with E-state index in [1.165, 1.54) is 18.2 Å². The van der Waals surface area contributed by atoms with E-state index in [-0.39, 0.29) is 15.6 Å². The lowest BCUT2D eigenvalue weighted by molar-refractivity contribution is 0.376. The van der Waals surface area contributed by atoms with Crippen molar-refractivity contribution in [2.75, 3.05) is 5.75 Å². The molecule has 15 heavy (non-hydrogen) atoms. The van der Waals surface area contributed by atoms with Crippen molar-refractivity contribution >= 4 is 42.9 Å². The van der Waals surface area contributed by atoms with Crippen molar-refractivity contribution in [3.63, 3.8) is 0 Å². The third-order valence-electron chi connectivity index (χ3n) is 1.66. The van der Waals surface area contributed by atoms with Gasteiger partial charge >= 0.3 is 0 Å². The lowest BCUT2D eigenvalue weighted by Gasteiger charge is -2.10. The normalized spacial score (nSPS) is 13.9. The first kappa shape index (κ1) is 13.0. The molecule has 0 aliphatic carbocycles. The molecule has 0 aliphatic heterocycles. The van der Waals surface area contributed by atoms with Gasteiger partial charge in [0.15, 0.2) is 0 Å². The van der Waals surface area contributed by atoms with Crippen LogP contribution in [0.2, 0.25) is 10.0 Å². The van der Waals surface area contributed by atoms with E-state index in [9.17, 15) is 12.8 Å². The zero-order valence-electron chi connectivity index (χ0n) is 7.25. The van der Waals surface area contributed by atoms with Crippen molar-refractivity contribution in [1.82, 2.24) is 0 Å². The highest BCUT2D eigenvalue weighted by molar-refractivity contribution is 8.13. The molecule has 0 radical (unpaired) electrons. The summed E-state index contributed by atoms with van der Waals surface area (Å²) in [7, 11) is 1.00. The summed E-state index contributed by atoms with van der Waals surface area (Å²) in [5, 5.41) is 0.158. The molecule has 0 spiro atoms. The Kier molecular flexibility index (Phi) is 4.23. The highest BCUT2D eigenvalue weighted by Gasteiger charge is 2.22. The fourth-order valence-corrected chi connectivity index (χ4v) is 2.55. The SMILES string of the molecule is O=S(=O)(Cl)CC(F)c1c(Cl)cccc1Cl. The molecule has 1 atom stereocenters. The molecule has 0 heterocycles. The van der Waals surface area contributed by atoms with E-state index < -0.39 is 21.0 Å². The Morgan fingerprint density at radius 2 is 1.73 bits per heavy atom. The van der Waals surface area contributed by atoms with E-state index in [4.69, 9.17) is 33.9 Å². The minimum Gasteiger partial charge on any atom is -0.241 e. The summed E-state index contributed by atoms with van der Waals surface area (Å²) in [5.41, 5.74) is -0.0509. The summed E-state index contributed by atoms with van der Waals surface area (Å²) in [5.74, 6) is -0.849. The average molecular weight is 292 g/mol. The molecule has 84 valence electrons. The number of rotatable bonds is 3. The maximum absolute atomic E-state index is 13.5. The summed E-state index contributed by atoms with van der Waals surface area (Å²) in [6.07, 6.45) is -1.83. The van der Waals surface area contributed by atoms with Crippen molar-refractivity contribution in [2.45, 2.75) is 6.17 Å². The van der Waals surface area contributed by atoms with Crippen molar-refractivity contribution in [1.29, 1.82) is 0 Å². The Bertz CT molecular complexity index is 441. The Labute approximate surface area is 101 Å². The van der Waals surface area contributed by atoms with Crippen LogP contribution in [0.25, 0.3) is 0 Å². The molecule has 7 heteroatoms. The smallest absolute Gasteiger partial charge is 0.235 e. The minimum atomic E-state index is -3.93. The van der Waals surface area contributed by atoms with E-state index in [1.807, 2.05) is 0 Å². The highest BCUT2D eigenvalue weighted by atomic mass is 35.7. The van der Waals surface area contributed by atoms with Crippen molar-refractivity contribution < 1.29 is 12.8 Å². The van der Waals surface area contributed by atoms with E-state index in [0.29, 0.717) is 0 Å². The van der Waals surface area contributed by atoms with Crippen LogP contribution >= 0.6 is 33.9 Å². The van der Waals surface area contributed by atoms with Gasteiger partial charge in [-0.25, -0.2) is 12.8 Å². The molecular weight excluding hydrogens is 286 g/mol. The van der Waals surface area contributed by atoms with Crippen LogP contribution in [0.3, 0.4) is 0 Å². The summed E-state index contributed by atoms with van der Waals surface area (Å²) in [6.45, 7) is 0. The molecule has 1 aromatic carbocycles. The quantitative estimate of drug-likeness (QED) is 0.798. The third-order valence-corrected chi connectivity index (χ3v) is 3.39. The molecule has 0 saturated heterocycles. The largest absolute Gasteiger partial charge is 0.241 e. The Morgan fingerprint density at radius 1 is 1.27 bits per heavy atom. The monoisotopic (exact) mass is 290 g/mol. The first-order valence-electron chi connectivity index (χ1n) is 3.81. The molecule has 0 aliphatic rings. The molecule has 1 rings (SSSR count). The van der Waals surface area contributed by atoms with Crippen molar-refractivity contribution in [2.24, 2.45) is 0 Å². The maximum atomic E-state index is 13.5. The predicted octanol–water partition coefficient (Wildman–Crippen LogP) is 3.57. The molecule has 1 aromatic rings. The number of halogens is 4. The molecular formula is C8H6Cl3FO2S. The van der Waals surface area contributed by atoms with Gasteiger partial charge in [-0.2, -0.15) is 0 Å². The lowest BCUT2D eigenvalue weighted by Crippen LogP contribution is -2.06. The maximum Gasteiger partial charge on any atom is 0.235 e. The van der Waals surface area contributed by atoms with Crippen LogP contribution < -0.4 is 0 Å². The average Bonchev–Trinajstić information content (AvgIpc) is 1.99. The van der Waals surface area contributed by atoms with E-state index in [2.05, 4.69) is 0 Å². The third kappa shape index (κ3) is 3.79. The number of benzene rings is 1. The molecule has 0 fully saturated rings. The fraction of sp³-hybridized carbons (Fsp3) is 0.250. The molecule has 0 bridgehead atoms. The summed E-state index contributed by atoms with van der Waals surface area (Å²) in [4.78, 5) is 0. The van der Waals surface area contributed by atoms with Crippen LogP contribution in [0.15, 0.2) is 18.2 Å². The van der Waals surface area contributed by atoms with Gasteiger partial charge < -0.3 is 0 Å². The Morgan fingerprint density at radius 3 is 2.13 bits per heavy atom. The van der Waals surface area contributed by atoms with E-state index in [0.717, 1.165) is 0 Å². The molecule has 0 N–H and O–H groups in total. The van der Waals surface area contributed by atoms with Gasteiger partial charge in [-0.1, -0.05) is 29.3 Å². The van der Waals surface area contributed by atoms with Gasteiger partial charge in [0.25, 0.3) is 0 Å². The first-order valence-corrected chi connectivity index (χ1v) is 7.05. The van der Waals surface area contributed by atoms with Crippen molar-refractivity contribution in [3.05, 3.63) is 33.8 Å². The van der Waals surface area contributed by atoms with Gasteiger partial charge in [0, 0.05) is 26.3 Å². The van der Waals surface area contributed by atoms with E-state index in [1.54, 1.807) is 0 Å². The lowest BCUT2D eigenvalue weighted by atomic mass is 10.1. The van der Waals surface area contributed by atoms with Gasteiger partial charge in [0.2, 0.25) is 9.05 Å².